The Kier molecular flexibility index (Phi) is 4.14. The number of carbonyl (C=O) groups is 1. The summed E-state index contributed by atoms with van der Waals surface area (Å²) in [5.74, 6) is 0.921. The fourth-order valence-electron chi connectivity index (χ4n) is 2.72. The molecule has 6 heteroatoms. The molecule has 0 spiro atoms. The number of rotatable bonds is 4. The molecule has 0 bridgehead atoms. The van der Waals surface area contributed by atoms with E-state index in [2.05, 4.69) is 5.10 Å². The van der Waals surface area contributed by atoms with Crippen LogP contribution in [0.25, 0.3) is 0 Å². The highest BCUT2D eigenvalue weighted by atomic mass is 16.5. The second-order valence-electron chi connectivity index (χ2n) is 5.80. The lowest BCUT2D eigenvalue weighted by molar-refractivity contribution is 0.0457. The molecule has 23 heavy (non-hydrogen) atoms. The lowest BCUT2D eigenvalue weighted by Crippen LogP contribution is -2.52. The van der Waals surface area contributed by atoms with Gasteiger partial charge in [0.05, 0.1) is 19.3 Å². The van der Waals surface area contributed by atoms with E-state index in [1.54, 1.807) is 36.3 Å². The fourth-order valence-corrected chi connectivity index (χ4v) is 2.72. The number of ether oxygens (including phenoxy) is 1. The van der Waals surface area contributed by atoms with Crippen molar-refractivity contribution in [3.8, 4) is 5.75 Å². The minimum Gasteiger partial charge on any atom is -0.497 e. The van der Waals surface area contributed by atoms with Crippen LogP contribution in [-0.2, 0) is 6.54 Å². The Balaban J connectivity index is 1.61. The zero-order valence-corrected chi connectivity index (χ0v) is 13.2. The molecule has 0 saturated carbocycles. The summed E-state index contributed by atoms with van der Waals surface area (Å²) in [6, 6.07) is 10.4. The van der Waals surface area contributed by atoms with Crippen molar-refractivity contribution in [2.24, 2.45) is 5.92 Å². The average Bonchev–Trinajstić information content (AvgIpc) is 2.53. The number of hydrogen-bond acceptors (Lipinski definition) is 4. The molecule has 1 aromatic heterocycles. The molecule has 2 heterocycles. The number of amides is 1. The van der Waals surface area contributed by atoms with E-state index in [1.165, 1.54) is 10.7 Å². The number of methoxy groups -OCH3 is 1. The normalized spacial score (nSPS) is 14.4. The van der Waals surface area contributed by atoms with E-state index in [4.69, 9.17) is 4.74 Å². The quantitative estimate of drug-likeness (QED) is 0.854. The van der Waals surface area contributed by atoms with Gasteiger partial charge in [-0.1, -0.05) is 6.07 Å². The van der Waals surface area contributed by atoms with Crippen molar-refractivity contribution in [1.82, 2.24) is 14.7 Å². The molecular weight excluding hydrogens is 294 g/mol. The van der Waals surface area contributed by atoms with Crippen molar-refractivity contribution in [2.75, 3.05) is 20.2 Å². The Hall–Kier alpha value is -2.63. The molecule has 1 aliphatic heterocycles. The van der Waals surface area contributed by atoms with Crippen LogP contribution in [0.4, 0.5) is 0 Å². The largest absolute Gasteiger partial charge is 0.497 e. The van der Waals surface area contributed by atoms with Crippen LogP contribution in [-0.4, -0.2) is 40.8 Å². The molecule has 0 atom stereocenters. The topological polar surface area (TPSA) is 64.4 Å². The fraction of sp³-hybridized carbons (Fsp3) is 0.353. The predicted molar refractivity (Wildman–Crippen MR) is 85.6 cm³/mol. The van der Waals surface area contributed by atoms with E-state index in [-0.39, 0.29) is 17.4 Å². The maximum Gasteiger partial charge on any atom is 0.266 e. The highest BCUT2D eigenvalue weighted by Gasteiger charge is 2.31. The Morgan fingerprint density at radius 2 is 2.09 bits per heavy atom. The molecular formula is C17H19N3O3. The van der Waals surface area contributed by atoms with E-state index in [0.29, 0.717) is 30.9 Å². The van der Waals surface area contributed by atoms with Crippen molar-refractivity contribution in [3.05, 3.63) is 58.0 Å². The zero-order chi connectivity index (χ0) is 16.4. The SMILES string of the molecule is COc1cccc(C(=O)N2CC(Cn3nc(C)ccc3=O)C2)c1. The molecule has 0 aliphatic carbocycles. The molecule has 120 valence electrons. The summed E-state index contributed by atoms with van der Waals surface area (Å²) in [6.45, 7) is 3.67. The summed E-state index contributed by atoms with van der Waals surface area (Å²) in [5, 5.41) is 4.23. The van der Waals surface area contributed by atoms with Crippen LogP contribution in [0.5, 0.6) is 5.75 Å². The number of nitrogens with zero attached hydrogens (tertiary/aromatic N) is 3. The number of hydrogen-bond donors (Lipinski definition) is 0. The van der Waals surface area contributed by atoms with E-state index in [0.717, 1.165) is 5.69 Å². The molecule has 1 saturated heterocycles. The van der Waals surface area contributed by atoms with Crippen LogP contribution in [0.15, 0.2) is 41.2 Å². The van der Waals surface area contributed by atoms with Crippen LogP contribution < -0.4 is 10.3 Å². The maximum atomic E-state index is 12.4. The molecule has 2 aromatic rings. The maximum absolute atomic E-state index is 12.4. The first-order valence-corrected chi connectivity index (χ1v) is 7.55. The molecule has 3 rings (SSSR count). The van der Waals surface area contributed by atoms with Crippen molar-refractivity contribution in [3.63, 3.8) is 0 Å². The van der Waals surface area contributed by atoms with Crippen LogP contribution >= 0.6 is 0 Å². The Bertz CT molecular complexity index is 779. The Morgan fingerprint density at radius 3 is 2.83 bits per heavy atom. The first-order chi connectivity index (χ1) is 11.1. The van der Waals surface area contributed by atoms with Gasteiger partial charge in [-0.2, -0.15) is 5.10 Å². The second kappa shape index (κ2) is 6.24. The summed E-state index contributed by atoms with van der Waals surface area (Å²) >= 11 is 0. The molecule has 1 aliphatic rings. The van der Waals surface area contributed by atoms with Gasteiger partial charge in [-0.25, -0.2) is 4.68 Å². The highest BCUT2D eigenvalue weighted by Crippen LogP contribution is 2.21. The number of benzene rings is 1. The molecule has 1 aromatic carbocycles. The van der Waals surface area contributed by atoms with Crippen LogP contribution in [0, 0.1) is 12.8 Å². The Labute approximate surface area is 134 Å². The monoisotopic (exact) mass is 313 g/mol. The van der Waals surface area contributed by atoms with Gasteiger partial charge in [0.15, 0.2) is 0 Å². The van der Waals surface area contributed by atoms with Gasteiger partial charge in [-0.3, -0.25) is 9.59 Å². The van der Waals surface area contributed by atoms with Gasteiger partial charge in [0.1, 0.15) is 5.75 Å². The van der Waals surface area contributed by atoms with Gasteiger partial charge in [-0.05, 0) is 31.2 Å². The van der Waals surface area contributed by atoms with Crippen molar-refractivity contribution in [2.45, 2.75) is 13.5 Å². The van der Waals surface area contributed by atoms with E-state index < -0.39 is 0 Å². The third kappa shape index (κ3) is 3.26. The van der Waals surface area contributed by atoms with Gasteiger partial charge >= 0.3 is 0 Å². The zero-order valence-electron chi connectivity index (χ0n) is 13.2. The average molecular weight is 313 g/mol. The highest BCUT2D eigenvalue weighted by molar-refractivity contribution is 5.95. The number of aryl methyl sites for hydroxylation is 1. The summed E-state index contributed by atoms with van der Waals surface area (Å²) in [7, 11) is 1.58. The summed E-state index contributed by atoms with van der Waals surface area (Å²) < 4.78 is 6.62. The van der Waals surface area contributed by atoms with Crippen LogP contribution in [0.1, 0.15) is 16.1 Å². The predicted octanol–water partition coefficient (Wildman–Crippen LogP) is 1.33. The van der Waals surface area contributed by atoms with E-state index in [1.807, 2.05) is 13.0 Å². The first kappa shape index (κ1) is 15.3. The third-order valence-electron chi connectivity index (χ3n) is 3.99. The summed E-state index contributed by atoms with van der Waals surface area (Å²) in [6.07, 6.45) is 0. The Morgan fingerprint density at radius 1 is 1.30 bits per heavy atom. The summed E-state index contributed by atoms with van der Waals surface area (Å²) in [4.78, 5) is 25.9. The molecule has 6 nitrogen and oxygen atoms in total. The third-order valence-corrected chi connectivity index (χ3v) is 3.99. The number of aromatic nitrogens is 2. The molecule has 0 unspecified atom stereocenters. The minimum absolute atomic E-state index is 0.00954. The van der Waals surface area contributed by atoms with Gasteiger partial charge < -0.3 is 9.64 Å². The van der Waals surface area contributed by atoms with Gasteiger partial charge in [-0.15, -0.1) is 0 Å². The molecule has 0 radical (unpaired) electrons. The van der Waals surface area contributed by atoms with Crippen LogP contribution in [0.2, 0.25) is 0 Å². The van der Waals surface area contributed by atoms with Crippen LogP contribution in [0.3, 0.4) is 0 Å². The molecule has 1 fully saturated rings. The number of carbonyl (C=O) groups excluding carboxylic acids is 1. The minimum atomic E-state index is -0.104. The second-order valence-corrected chi connectivity index (χ2v) is 5.80. The molecule has 0 N–H and O–H groups in total. The summed E-state index contributed by atoms with van der Waals surface area (Å²) in [5.41, 5.74) is 1.33. The molecule has 1 amide bonds. The van der Waals surface area contributed by atoms with E-state index in [9.17, 15) is 9.59 Å². The van der Waals surface area contributed by atoms with Crippen molar-refractivity contribution >= 4 is 5.91 Å². The standard InChI is InChI=1S/C17H19N3O3/c1-12-6-7-16(21)20(18-12)11-13-9-19(10-13)17(22)14-4-3-5-15(8-14)23-2/h3-8,13H,9-11H2,1-2H3. The number of likely N-dealkylation sites (tertiary alicyclic amines) is 1. The van der Waals surface area contributed by atoms with Crippen molar-refractivity contribution in [1.29, 1.82) is 0 Å². The smallest absolute Gasteiger partial charge is 0.266 e. The lowest BCUT2D eigenvalue weighted by atomic mass is 9.98. The van der Waals surface area contributed by atoms with Gasteiger partial charge in [0.2, 0.25) is 0 Å². The van der Waals surface area contributed by atoms with Gasteiger partial charge in [0.25, 0.3) is 11.5 Å². The first-order valence-electron chi connectivity index (χ1n) is 7.55. The van der Waals surface area contributed by atoms with E-state index >= 15 is 0 Å². The van der Waals surface area contributed by atoms with Gasteiger partial charge in [0, 0.05) is 30.6 Å². The lowest BCUT2D eigenvalue weighted by Gasteiger charge is -2.39. The van der Waals surface area contributed by atoms with Crippen molar-refractivity contribution < 1.29 is 9.53 Å².